The molecule has 2 amide bonds. The van der Waals surface area contributed by atoms with Crippen molar-refractivity contribution in [2.75, 3.05) is 26.3 Å². The van der Waals surface area contributed by atoms with Crippen LogP contribution in [0.1, 0.15) is 71.6 Å². The third-order valence-corrected chi connectivity index (χ3v) is 6.99. The largest absolute Gasteiger partial charge is 0.466 e. The molecule has 0 aliphatic carbocycles. The minimum atomic E-state index is -0.931. The molecule has 3 rings (SSSR count). The molecule has 0 radical (unpaired) electrons. The van der Waals surface area contributed by atoms with Crippen LogP contribution in [0, 0.1) is 11.8 Å². The Kier molecular flexibility index (Phi) is 8.33. The van der Waals surface area contributed by atoms with Gasteiger partial charge in [0, 0.05) is 19.7 Å². The highest BCUT2D eigenvalue weighted by molar-refractivity contribution is 5.98. The van der Waals surface area contributed by atoms with Crippen molar-refractivity contribution < 1.29 is 29.0 Å². The molecular weight excluding hydrogens is 400 g/mol. The van der Waals surface area contributed by atoms with Crippen LogP contribution in [0.5, 0.6) is 0 Å². The van der Waals surface area contributed by atoms with Gasteiger partial charge in [-0.25, -0.2) is 0 Å². The number of esters is 1. The van der Waals surface area contributed by atoms with Crippen LogP contribution in [-0.2, 0) is 23.9 Å². The Balaban J connectivity index is 1.79. The molecule has 0 aromatic rings. The average molecular weight is 439 g/mol. The van der Waals surface area contributed by atoms with Crippen molar-refractivity contribution in [1.82, 2.24) is 10.2 Å². The van der Waals surface area contributed by atoms with Crippen LogP contribution in [0.25, 0.3) is 0 Å². The van der Waals surface area contributed by atoms with Crippen LogP contribution in [0.2, 0.25) is 0 Å². The second kappa shape index (κ2) is 10.8. The first kappa shape index (κ1) is 24.0. The maximum atomic E-state index is 13.5. The molecule has 0 saturated carbocycles. The Morgan fingerprint density at radius 3 is 2.68 bits per heavy atom. The highest BCUT2D eigenvalue weighted by atomic mass is 16.6. The Morgan fingerprint density at radius 1 is 1.19 bits per heavy atom. The predicted octanol–water partition coefficient (Wildman–Crippen LogP) is 1.78. The average Bonchev–Trinajstić information content (AvgIpc) is 3.39. The van der Waals surface area contributed by atoms with E-state index in [0.29, 0.717) is 25.9 Å². The topological polar surface area (TPSA) is 105 Å². The lowest BCUT2D eigenvalue weighted by molar-refractivity contribution is -0.154. The number of likely N-dealkylation sites (tertiary alicyclic amines) is 1. The zero-order valence-electron chi connectivity index (χ0n) is 18.9. The minimum absolute atomic E-state index is 0.156. The SMILES string of the molecule is CCCCCNC(=O)[C@@H]1N(CCCCCCO)C(=O)[C@H]2[C@H](C(=O)OCC)[C@@H]3CC[C@]12O3. The molecule has 3 saturated heterocycles. The van der Waals surface area contributed by atoms with E-state index in [0.717, 1.165) is 44.9 Å². The van der Waals surface area contributed by atoms with E-state index in [-0.39, 0.29) is 37.1 Å². The van der Waals surface area contributed by atoms with E-state index in [4.69, 9.17) is 14.6 Å². The number of unbranched alkanes of at least 4 members (excludes halogenated alkanes) is 5. The number of rotatable bonds is 13. The van der Waals surface area contributed by atoms with E-state index < -0.39 is 23.5 Å². The summed E-state index contributed by atoms with van der Waals surface area (Å²) in [6.45, 7) is 5.31. The third-order valence-electron chi connectivity index (χ3n) is 6.99. The quantitative estimate of drug-likeness (QED) is 0.335. The Labute approximate surface area is 185 Å². The number of fused-ring (bicyclic) bond motifs is 1. The first-order valence-electron chi connectivity index (χ1n) is 12.0. The van der Waals surface area contributed by atoms with Gasteiger partial charge in [-0.05, 0) is 39.0 Å². The molecule has 1 spiro atoms. The van der Waals surface area contributed by atoms with E-state index in [9.17, 15) is 14.4 Å². The van der Waals surface area contributed by atoms with Crippen LogP contribution < -0.4 is 5.32 Å². The van der Waals surface area contributed by atoms with Crippen molar-refractivity contribution in [2.24, 2.45) is 11.8 Å². The summed E-state index contributed by atoms with van der Waals surface area (Å²) in [5.74, 6) is -1.99. The molecule has 2 bridgehead atoms. The Bertz CT molecular complexity index is 656. The fraction of sp³-hybridized carbons (Fsp3) is 0.870. The second-order valence-electron chi connectivity index (χ2n) is 8.98. The van der Waals surface area contributed by atoms with Crippen LogP contribution in [0.4, 0.5) is 0 Å². The summed E-state index contributed by atoms with van der Waals surface area (Å²) in [4.78, 5) is 41.2. The fourth-order valence-corrected chi connectivity index (χ4v) is 5.63. The first-order chi connectivity index (χ1) is 15.0. The first-order valence-corrected chi connectivity index (χ1v) is 12.0. The maximum Gasteiger partial charge on any atom is 0.312 e. The molecule has 5 atom stereocenters. The summed E-state index contributed by atoms with van der Waals surface area (Å²) in [5, 5.41) is 12.0. The molecule has 3 heterocycles. The minimum Gasteiger partial charge on any atom is -0.466 e. The van der Waals surface area contributed by atoms with Gasteiger partial charge in [0.05, 0.1) is 24.5 Å². The van der Waals surface area contributed by atoms with Gasteiger partial charge in [0.1, 0.15) is 11.6 Å². The number of hydrogen-bond donors (Lipinski definition) is 2. The molecule has 2 N–H and O–H groups in total. The molecule has 0 unspecified atom stereocenters. The second-order valence-corrected chi connectivity index (χ2v) is 8.98. The van der Waals surface area contributed by atoms with Crippen molar-refractivity contribution in [1.29, 1.82) is 0 Å². The Hall–Kier alpha value is -1.67. The smallest absolute Gasteiger partial charge is 0.312 e. The molecule has 3 aliphatic heterocycles. The number of amides is 2. The molecule has 176 valence electrons. The predicted molar refractivity (Wildman–Crippen MR) is 114 cm³/mol. The maximum absolute atomic E-state index is 13.5. The van der Waals surface area contributed by atoms with E-state index in [1.165, 1.54) is 0 Å². The number of hydrogen-bond acceptors (Lipinski definition) is 6. The van der Waals surface area contributed by atoms with Gasteiger partial charge in [-0.2, -0.15) is 0 Å². The monoisotopic (exact) mass is 438 g/mol. The van der Waals surface area contributed by atoms with E-state index >= 15 is 0 Å². The van der Waals surface area contributed by atoms with E-state index in [2.05, 4.69) is 12.2 Å². The van der Waals surface area contributed by atoms with E-state index in [1.54, 1.807) is 11.8 Å². The lowest BCUT2D eigenvalue weighted by atomic mass is 9.71. The van der Waals surface area contributed by atoms with Gasteiger partial charge in [-0.15, -0.1) is 0 Å². The van der Waals surface area contributed by atoms with Crippen LogP contribution in [-0.4, -0.2) is 71.8 Å². The fourth-order valence-electron chi connectivity index (χ4n) is 5.63. The number of nitrogens with one attached hydrogen (secondary N) is 1. The van der Waals surface area contributed by atoms with Crippen molar-refractivity contribution in [3.8, 4) is 0 Å². The Morgan fingerprint density at radius 2 is 1.97 bits per heavy atom. The zero-order chi connectivity index (χ0) is 22.4. The normalized spacial score (nSPS) is 31.2. The standard InChI is InChI=1S/C23H38N2O6/c1-3-5-8-13-24-20(27)19-23-12-11-16(31-23)17(22(29)30-4-2)18(23)21(28)25(19)14-9-6-7-10-15-26/h16-19,26H,3-15H2,1-2H3,(H,24,27)/t16-,17+,18+,19-,23+/m0/s1. The van der Waals surface area contributed by atoms with Gasteiger partial charge in [0.15, 0.2) is 0 Å². The summed E-state index contributed by atoms with van der Waals surface area (Å²) in [6.07, 6.45) is 7.16. The number of ether oxygens (including phenoxy) is 2. The summed E-state index contributed by atoms with van der Waals surface area (Å²) >= 11 is 0. The lowest BCUT2D eigenvalue weighted by Gasteiger charge is -2.33. The van der Waals surface area contributed by atoms with Crippen LogP contribution >= 0.6 is 0 Å². The van der Waals surface area contributed by atoms with Crippen molar-refractivity contribution in [3.63, 3.8) is 0 Å². The zero-order valence-corrected chi connectivity index (χ0v) is 18.9. The van der Waals surface area contributed by atoms with Gasteiger partial charge in [-0.1, -0.05) is 32.6 Å². The molecule has 3 aliphatic rings. The summed E-state index contributed by atoms with van der Waals surface area (Å²) in [5.41, 5.74) is -0.931. The highest BCUT2D eigenvalue weighted by Crippen LogP contribution is 2.58. The van der Waals surface area contributed by atoms with Gasteiger partial charge < -0.3 is 24.8 Å². The summed E-state index contributed by atoms with van der Waals surface area (Å²) < 4.78 is 11.6. The number of carbonyl (C=O) groups is 3. The van der Waals surface area contributed by atoms with Crippen LogP contribution in [0.15, 0.2) is 0 Å². The van der Waals surface area contributed by atoms with E-state index in [1.807, 2.05) is 0 Å². The van der Waals surface area contributed by atoms with Crippen molar-refractivity contribution >= 4 is 17.8 Å². The molecule has 31 heavy (non-hydrogen) atoms. The van der Waals surface area contributed by atoms with Crippen molar-refractivity contribution in [2.45, 2.75) is 89.4 Å². The third kappa shape index (κ3) is 4.60. The number of nitrogens with zero attached hydrogens (tertiary/aromatic N) is 1. The lowest BCUT2D eigenvalue weighted by Crippen LogP contribution is -2.55. The summed E-state index contributed by atoms with van der Waals surface area (Å²) in [6, 6.07) is -0.700. The molecule has 8 heteroatoms. The van der Waals surface area contributed by atoms with Gasteiger partial charge >= 0.3 is 5.97 Å². The van der Waals surface area contributed by atoms with Crippen molar-refractivity contribution in [3.05, 3.63) is 0 Å². The van der Waals surface area contributed by atoms with Crippen LogP contribution in [0.3, 0.4) is 0 Å². The number of aliphatic hydroxyl groups excluding tert-OH is 1. The van der Waals surface area contributed by atoms with Gasteiger partial charge in [0.25, 0.3) is 0 Å². The molecular formula is C23H38N2O6. The molecule has 0 aromatic carbocycles. The van der Waals surface area contributed by atoms with Gasteiger partial charge in [-0.3, -0.25) is 14.4 Å². The molecule has 0 aromatic heterocycles. The number of carbonyl (C=O) groups excluding carboxylic acids is 3. The molecule has 8 nitrogen and oxygen atoms in total. The number of aliphatic hydroxyl groups is 1. The molecule has 3 fully saturated rings. The summed E-state index contributed by atoms with van der Waals surface area (Å²) in [7, 11) is 0. The van der Waals surface area contributed by atoms with Gasteiger partial charge in [0.2, 0.25) is 11.8 Å². The highest BCUT2D eigenvalue weighted by Gasteiger charge is 2.74.